The van der Waals surface area contributed by atoms with Crippen LogP contribution in [0.3, 0.4) is 0 Å². The third kappa shape index (κ3) is 10.2. The summed E-state index contributed by atoms with van der Waals surface area (Å²) in [5.41, 5.74) is 0. The first kappa shape index (κ1) is 22.5. The first-order chi connectivity index (χ1) is 11.2. The molecule has 0 amide bonds. The SMILES string of the molecule is CCC[CH2][SnH]([CH2]CCC)[O]C1([O][SnH]([CH2]CCC)[CH2]CCC)OO1. The van der Waals surface area contributed by atoms with Crippen molar-refractivity contribution in [3.8, 4) is 0 Å². The van der Waals surface area contributed by atoms with Crippen molar-refractivity contribution in [2.75, 3.05) is 0 Å². The number of unbranched alkanes of at least 4 members (excludes halogenated alkanes) is 4. The molecule has 1 saturated heterocycles. The van der Waals surface area contributed by atoms with Crippen molar-refractivity contribution in [1.82, 2.24) is 0 Å². The van der Waals surface area contributed by atoms with Crippen molar-refractivity contribution in [1.29, 1.82) is 0 Å². The molecule has 1 aliphatic heterocycles. The summed E-state index contributed by atoms with van der Waals surface area (Å²) >= 11 is -4.09. The molecule has 1 aliphatic rings. The molecule has 23 heavy (non-hydrogen) atoms. The normalized spacial score (nSPS) is 16.4. The molecule has 4 nitrogen and oxygen atoms in total. The van der Waals surface area contributed by atoms with Gasteiger partial charge in [-0.05, 0) is 0 Å². The van der Waals surface area contributed by atoms with Crippen LogP contribution < -0.4 is 0 Å². The molecule has 0 bridgehead atoms. The van der Waals surface area contributed by atoms with E-state index in [1.54, 1.807) is 0 Å². The Morgan fingerprint density at radius 2 is 0.913 bits per heavy atom. The van der Waals surface area contributed by atoms with Crippen LogP contribution in [0.25, 0.3) is 0 Å². The average Bonchev–Trinajstić information content (AvgIpc) is 3.32. The maximum atomic E-state index is 6.34. The third-order valence-corrected chi connectivity index (χ3v) is 19.9. The van der Waals surface area contributed by atoms with Crippen LogP contribution in [0.1, 0.15) is 79.1 Å². The summed E-state index contributed by atoms with van der Waals surface area (Å²) in [4.78, 5) is 10.5. The molecule has 0 aromatic heterocycles. The molecule has 0 aromatic rings. The van der Waals surface area contributed by atoms with Crippen molar-refractivity contribution in [3.05, 3.63) is 0 Å². The zero-order chi connectivity index (χ0) is 17.0. The van der Waals surface area contributed by atoms with Crippen molar-refractivity contribution in [2.24, 2.45) is 0 Å². The van der Waals surface area contributed by atoms with Gasteiger partial charge in [-0.3, -0.25) is 0 Å². The molecule has 0 saturated carbocycles. The number of hydrogen-bond donors (Lipinski definition) is 0. The van der Waals surface area contributed by atoms with E-state index in [4.69, 9.17) is 15.9 Å². The monoisotopic (exact) mass is 546 g/mol. The Labute approximate surface area is 158 Å². The molecule has 0 atom stereocenters. The van der Waals surface area contributed by atoms with E-state index in [2.05, 4.69) is 27.7 Å². The standard InChI is InChI=1S/4C4H9.CO4.2Sn.2H/c4*1-3-4-2;2-1(3)4-5-1;;;;/h4*1,3-4H2,2H3;;;;;/q;;;;-2;2*+1;;. The van der Waals surface area contributed by atoms with E-state index >= 15 is 0 Å². The summed E-state index contributed by atoms with van der Waals surface area (Å²) in [6, 6.07) is 0. The van der Waals surface area contributed by atoms with Crippen molar-refractivity contribution in [2.45, 2.75) is 103 Å². The average molecular weight is 544 g/mol. The van der Waals surface area contributed by atoms with E-state index in [1.807, 2.05) is 0 Å². The van der Waals surface area contributed by atoms with Crippen LogP contribution in [-0.4, -0.2) is 46.5 Å². The molecule has 138 valence electrons. The van der Waals surface area contributed by atoms with Gasteiger partial charge in [0.05, 0.1) is 0 Å². The van der Waals surface area contributed by atoms with Gasteiger partial charge in [0.25, 0.3) is 0 Å². The van der Waals surface area contributed by atoms with Gasteiger partial charge in [0.1, 0.15) is 0 Å². The summed E-state index contributed by atoms with van der Waals surface area (Å²) < 4.78 is 17.8. The fourth-order valence-corrected chi connectivity index (χ4v) is 19.7. The predicted molar refractivity (Wildman–Crippen MR) is 100 cm³/mol. The number of hydrogen-bond acceptors (Lipinski definition) is 4. The van der Waals surface area contributed by atoms with Crippen molar-refractivity contribution in [3.63, 3.8) is 0 Å². The van der Waals surface area contributed by atoms with Gasteiger partial charge >= 0.3 is 159 Å². The molecule has 0 N–H and O–H groups in total. The van der Waals surface area contributed by atoms with E-state index in [1.165, 1.54) is 69.1 Å². The summed E-state index contributed by atoms with van der Waals surface area (Å²) in [5.74, 6) is 0. The van der Waals surface area contributed by atoms with Gasteiger partial charge in [0.2, 0.25) is 0 Å². The molecular formula is C17H38O4Sn2. The van der Waals surface area contributed by atoms with Crippen LogP contribution in [0.4, 0.5) is 0 Å². The molecule has 0 unspecified atom stereocenters. The Morgan fingerprint density at radius 1 is 0.609 bits per heavy atom. The van der Waals surface area contributed by atoms with E-state index in [9.17, 15) is 0 Å². The van der Waals surface area contributed by atoms with Gasteiger partial charge in [0, 0.05) is 0 Å². The second kappa shape index (κ2) is 13.6. The Kier molecular flexibility index (Phi) is 13.3. The first-order valence-corrected chi connectivity index (χ1v) is 21.9. The third-order valence-electron chi connectivity index (χ3n) is 4.36. The zero-order valence-electron chi connectivity index (χ0n) is 15.8. The van der Waals surface area contributed by atoms with Gasteiger partial charge in [0.15, 0.2) is 0 Å². The fraction of sp³-hybridized carbons (Fsp3) is 1.00. The quantitative estimate of drug-likeness (QED) is 0.116. The second-order valence-electron chi connectivity index (χ2n) is 6.72. The molecule has 1 rings (SSSR count). The molecule has 0 aromatic carbocycles. The minimum absolute atomic E-state index is 1.02. The van der Waals surface area contributed by atoms with E-state index in [0.29, 0.717) is 0 Å². The molecule has 6 heteroatoms. The van der Waals surface area contributed by atoms with Gasteiger partial charge in [-0.1, -0.05) is 0 Å². The molecule has 1 fully saturated rings. The van der Waals surface area contributed by atoms with E-state index < -0.39 is 46.5 Å². The maximum absolute atomic E-state index is 6.34. The van der Waals surface area contributed by atoms with Crippen molar-refractivity contribution >= 4 is 40.3 Å². The molecule has 0 aliphatic carbocycles. The predicted octanol–water partition coefficient (Wildman–Crippen LogP) is 5.24. The molecular weight excluding hydrogens is 506 g/mol. The van der Waals surface area contributed by atoms with E-state index in [0.717, 1.165) is 0 Å². The Bertz CT molecular complexity index is 248. The summed E-state index contributed by atoms with van der Waals surface area (Å²) in [7, 11) is 0. The second-order valence-corrected chi connectivity index (χ2v) is 21.8. The molecule has 0 radical (unpaired) electrons. The summed E-state index contributed by atoms with van der Waals surface area (Å²) in [5, 5.41) is 0. The van der Waals surface area contributed by atoms with Gasteiger partial charge < -0.3 is 0 Å². The molecule has 0 spiro atoms. The molecule has 1 heterocycles. The first-order valence-electron chi connectivity index (χ1n) is 9.92. The van der Waals surface area contributed by atoms with Crippen LogP contribution in [0.15, 0.2) is 0 Å². The van der Waals surface area contributed by atoms with E-state index in [-0.39, 0.29) is 0 Å². The van der Waals surface area contributed by atoms with Crippen LogP contribution in [-0.2, 0) is 15.9 Å². The van der Waals surface area contributed by atoms with Crippen LogP contribution in [0.5, 0.6) is 0 Å². The van der Waals surface area contributed by atoms with Gasteiger partial charge in [-0.2, -0.15) is 0 Å². The fourth-order valence-electron chi connectivity index (χ4n) is 2.80. The summed E-state index contributed by atoms with van der Waals surface area (Å²) in [6.45, 7) is 9.00. The van der Waals surface area contributed by atoms with Crippen LogP contribution >= 0.6 is 0 Å². The number of rotatable bonds is 16. The van der Waals surface area contributed by atoms with Gasteiger partial charge in [-0.15, -0.1) is 0 Å². The van der Waals surface area contributed by atoms with Gasteiger partial charge in [-0.25, -0.2) is 0 Å². The Hall–Kier alpha value is 1.44. The van der Waals surface area contributed by atoms with Crippen LogP contribution in [0, 0.1) is 0 Å². The van der Waals surface area contributed by atoms with Crippen molar-refractivity contribution < 1.29 is 15.9 Å². The van der Waals surface area contributed by atoms with Crippen LogP contribution in [0.2, 0.25) is 17.7 Å². The zero-order valence-corrected chi connectivity index (χ0v) is 22.4. The Morgan fingerprint density at radius 3 is 1.13 bits per heavy atom. The Balaban J connectivity index is 2.49. The minimum atomic E-state index is -2.05. The summed E-state index contributed by atoms with van der Waals surface area (Å²) in [6.07, 6.45) is 9.06. The topological polar surface area (TPSA) is 43.5 Å².